The zero-order valence-corrected chi connectivity index (χ0v) is 24.4. The van der Waals surface area contributed by atoms with Gasteiger partial charge in [-0.1, -0.05) is 23.8 Å². The number of anilines is 1. The van der Waals surface area contributed by atoms with E-state index in [0.29, 0.717) is 11.1 Å². The number of benzene rings is 3. The highest BCUT2D eigenvalue weighted by molar-refractivity contribution is 7.87. The third kappa shape index (κ3) is 6.65. The maximum Gasteiger partial charge on any atom is 0.339 e. The minimum atomic E-state index is -4.24. The predicted molar refractivity (Wildman–Crippen MR) is 157 cm³/mol. The van der Waals surface area contributed by atoms with Gasteiger partial charge >= 0.3 is 22.1 Å². The van der Waals surface area contributed by atoms with Gasteiger partial charge in [0.05, 0.1) is 25.0 Å². The lowest BCUT2D eigenvalue weighted by atomic mass is 10.0. The molecule has 0 bridgehead atoms. The van der Waals surface area contributed by atoms with E-state index in [2.05, 4.69) is 16.6 Å². The summed E-state index contributed by atoms with van der Waals surface area (Å²) in [6.45, 7) is 7.40. The number of allylic oxidation sites excluding steroid dienone is 1. The topological polar surface area (TPSA) is 145 Å². The van der Waals surface area contributed by atoms with Crippen LogP contribution >= 0.6 is 0 Å². The van der Waals surface area contributed by atoms with Crippen LogP contribution in [0.3, 0.4) is 0 Å². The smallest absolute Gasteiger partial charge is 0.339 e. The highest BCUT2D eigenvalue weighted by atomic mass is 32.2. The van der Waals surface area contributed by atoms with Crippen LogP contribution in [0.2, 0.25) is 0 Å². The van der Waals surface area contributed by atoms with E-state index in [0.717, 1.165) is 10.5 Å². The van der Waals surface area contributed by atoms with Crippen molar-refractivity contribution in [3.63, 3.8) is 0 Å². The summed E-state index contributed by atoms with van der Waals surface area (Å²) in [6, 6.07) is 13.6. The zero-order valence-electron chi connectivity index (χ0n) is 23.6. The standard InChI is InChI=1S/C31H28N2O9S/c1-5-7-22-16-20(18-26(41-6-2)27(22)42-43(38,39)24-14-8-19(3)9-15-24)17-25-28(34)32-31(37)33(29(25)35)23-12-10-21(11-13-23)30(36)40-4/h5,8-18H,1,6-7H2,2-4H3,(H,32,34,37)/b25-17+. The Kier molecular flexibility index (Phi) is 9.10. The molecule has 1 fully saturated rings. The second kappa shape index (κ2) is 12.7. The summed E-state index contributed by atoms with van der Waals surface area (Å²) in [4.78, 5) is 51.3. The van der Waals surface area contributed by atoms with E-state index >= 15 is 0 Å². The van der Waals surface area contributed by atoms with Gasteiger partial charge in [-0.2, -0.15) is 8.42 Å². The largest absolute Gasteiger partial charge is 0.490 e. The molecule has 222 valence electrons. The highest BCUT2D eigenvalue weighted by Gasteiger charge is 2.37. The molecule has 4 amide bonds. The van der Waals surface area contributed by atoms with Gasteiger partial charge in [0.2, 0.25) is 0 Å². The molecule has 0 aliphatic carbocycles. The summed E-state index contributed by atoms with van der Waals surface area (Å²) < 4.78 is 42.2. The van der Waals surface area contributed by atoms with Crippen LogP contribution in [0.5, 0.6) is 11.5 Å². The fourth-order valence-corrected chi connectivity index (χ4v) is 5.19. The van der Waals surface area contributed by atoms with Crippen LogP contribution in [-0.2, 0) is 30.9 Å². The number of ether oxygens (including phenoxy) is 2. The minimum Gasteiger partial charge on any atom is -0.490 e. The van der Waals surface area contributed by atoms with Crippen LogP contribution in [0.15, 0.2) is 83.8 Å². The van der Waals surface area contributed by atoms with E-state index in [-0.39, 0.29) is 46.2 Å². The Morgan fingerprint density at radius 2 is 1.70 bits per heavy atom. The van der Waals surface area contributed by atoms with Gasteiger partial charge in [0.25, 0.3) is 11.8 Å². The van der Waals surface area contributed by atoms with E-state index in [4.69, 9.17) is 8.92 Å². The zero-order chi connectivity index (χ0) is 31.3. The van der Waals surface area contributed by atoms with E-state index in [1.54, 1.807) is 19.1 Å². The third-order valence-corrected chi connectivity index (χ3v) is 7.52. The number of nitrogens with one attached hydrogen (secondary N) is 1. The summed E-state index contributed by atoms with van der Waals surface area (Å²) in [6.07, 6.45) is 2.95. The van der Waals surface area contributed by atoms with Gasteiger partial charge in [-0.05, 0) is 80.4 Å². The fraction of sp³-hybridized carbons (Fsp3) is 0.161. The number of urea groups is 1. The van der Waals surface area contributed by atoms with Gasteiger partial charge in [0.1, 0.15) is 10.5 Å². The number of imide groups is 2. The van der Waals surface area contributed by atoms with Crippen molar-refractivity contribution in [2.75, 3.05) is 18.6 Å². The highest BCUT2D eigenvalue weighted by Crippen LogP contribution is 2.37. The van der Waals surface area contributed by atoms with Crippen molar-refractivity contribution in [3.05, 3.63) is 101 Å². The van der Waals surface area contributed by atoms with Gasteiger partial charge in [-0.25, -0.2) is 14.5 Å². The van der Waals surface area contributed by atoms with Gasteiger partial charge in [-0.3, -0.25) is 14.9 Å². The van der Waals surface area contributed by atoms with Crippen molar-refractivity contribution < 1.29 is 41.3 Å². The summed E-state index contributed by atoms with van der Waals surface area (Å²) in [5.41, 5.74) is 1.48. The first-order valence-electron chi connectivity index (χ1n) is 13.0. The number of barbiturate groups is 1. The van der Waals surface area contributed by atoms with Gasteiger partial charge in [-0.15, -0.1) is 6.58 Å². The Bertz CT molecular complexity index is 1740. The van der Waals surface area contributed by atoms with Gasteiger partial charge < -0.3 is 13.7 Å². The fourth-order valence-electron chi connectivity index (χ4n) is 4.22. The molecule has 12 heteroatoms. The Morgan fingerprint density at radius 1 is 1.02 bits per heavy atom. The third-order valence-electron chi connectivity index (χ3n) is 6.28. The van der Waals surface area contributed by atoms with Crippen LogP contribution in [0.25, 0.3) is 6.08 Å². The molecule has 1 aliphatic rings. The van der Waals surface area contributed by atoms with Crippen LogP contribution in [-0.4, -0.2) is 45.9 Å². The minimum absolute atomic E-state index is 0.0508. The molecule has 11 nitrogen and oxygen atoms in total. The monoisotopic (exact) mass is 604 g/mol. The Balaban J connectivity index is 1.75. The maximum atomic E-state index is 13.4. The Morgan fingerprint density at radius 3 is 2.30 bits per heavy atom. The number of hydrogen-bond acceptors (Lipinski definition) is 9. The van der Waals surface area contributed by atoms with Crippen LogP contribution < -0.4 is 19.1 Å². The molecule has 1 aliphatic heterocycles. The number of nitrogens with zero attached hydrogens (tertiary/aromatic N) is 1. The first-order chi connectivity index (χ1) is 20.5. The number of esters is 1. The molecule has 3 aromatic carbocycles. The average molecular weight is 605 g/mol. The molecule has 0 radical (unpaired) electrons. The molecular weight excluding hydrogens is 576 g/mol. The SMILES string of the molecule is C=CCc1cc(/C=C2\C(=O)NC(=O)N(c3ccc(C(=O)OC)cc3)C2=O)cc(OCC)c1OS(=O)(=O)c1ccc(C)cc1. The lowest BCUT2D eigenvalue weighted by Gasteiger charge is -2.26. The molecule has 0 spiro atoms. The molecule has 43 heavy (non-hydrogen) atoms. The van der Waals surface area contributed by atoms with E-state index in [1.807, 2.05) is 6.92 Å². The number of amides is 4. The quantitative estimate of drug-likeness (QED) is 0.117. The second-order valence-electron chi connectivity index (χ2n) is 9.28. The lowest BCUT2D eigenvalue weighted by molar-refractivity contribution is -0.122. The molecule has 0 atom stereocenters. The van der Waals surface area contributed by atoms with Gasteiger partial charge in [0.15, 0.2) is 11.5 Å². The van der Waals surface area contributed by atoms with Crippen molar-refractivity contribution >= 4 is 45.7 Å². The number of aryl methyl sites for hydroxylation is 1. The van der Waals surface area contributed by atoms with Crippen molar-refractivity contribution in [1.29, 1.82) is 0 Å². The summed E-state index contributed by atoms with van der Waals surface area (Å²) in [5, 5.41) is 2.14. The molecule has 3 aromatic rings. The summed E-state index contributed by atoms with van der Waals surface area (Å²) >= 11 is 0. The van der Waals surface area contributed by atoms with E-state index in [9.17, 15) is 27.6 Å². The number of methoxy groups -OCH3 is 1. The molecule has 0 unspecified atom stereocenters. The van der Waals surface area contributed by atoms with E-state index < -0.39 is 33.9 Å². The van der Waals surface area contributed by atoms with Crippen molar-refractivity contribution in [2.24, 2.45) is 0 Å². The molecule has 0 aromatic heterocycles. The van der Waals surface area contributed by atoms with E-state index in [1.165, 1.54) is 67.8 Å². The van der Waals surface area contributed by atoms with Gasteiger partial charge in [0, 0.05) is 5.56 Å². The molecule has 0 saturated carbocycles. The van der Waals surface area contributed by atoms with Crippen molar-refractivity contribution in [3.8, 4) is 11.5 Å². The number of carbonyl (C=O) groups excluding carboxylic acids is 4. The molecule has 4 rings (SSSR count). The van der Waals surface area contributed by atoms with Crippen LogP contribution in [0, 0.1) is 6.92 Å². The van der Waals surface area contributed by atoms with Crippen LogP contribution in [0.1, 0.15) is 34.0 Å². The predicted octanol–water partition coefficient (Wildman–Crippen LogP) is 4.34. The average Bonchev–Trinajstić information content (AvgIpc) is 2.97. The first-order valence-corrected chi connectivity index (χ1v) is 14.4. The molecule has 1 N–H and O–H groups in total. The number of carbonyl (C=O) groups is 4. The number of rotatable bonds is 10. The summed E-state index contributed by atoms with van der Waals surface area (Å²) in [7, 11) is -3.02. The van der Waals surface area contributed by atoms with Crippen LogP contribution in [0.4, 0.5) is 10.5 Å². The molecule has 1 saturated heterocycles. The summed E-state index contributed by atoms with van der Waals surface area (Å²) in [5.74, 6) is -2.45. The first kappa shape index (κ1) is 30.7. The normalized spacial score (nSPS) is 14.3. The number of hydrogen-bond donors (Lipinski definition) is 1. The lowest BCUT2D eigenvalue weighted by Crippen LogP contribution is -2.54. The van der Waals surface area contributed by atoms with Crippen molar-refractivity contribution in [1.82, 2.24) is 5.32 Å². The molecule has 1 heterocycles. The Hall–Kier alpha value is -5.23. The Labute approximate surface area is 248 Å². The van der Waals surface area contributed by atoms with Crippen molar-refractivity contribution in [2.45, 2.75) is 25.2 Å². The maximum absolute atomic E-state index is 13.4. The second-order valence-corrected chi connectivity index (χ2v) is 10.8. The molecular formula is C31H28N2O9S.